The van der Waals surface area contributed by atoms with Gasteiger partial charge in [0.2, 0.25) is 6.08 Å². The molecule has 4 heteroatoms. The smallest absolute Gasteiger partial charge is 0.235 e. The molecule has 1 aromatic carbocycles. The van der Waals surface area contributed by atoms with E-state index in [-0.39, 0.29) is 0 Å². The molecule has 0 heterocycles. The number of nitrogens with zero attached hydrogens (tertiary/aromatic N) is 1. The summed E-state index contributed by atoms with van der Waals surface area (Å²) in [5.74, 6) is 0.778. The van der Waals surface area contributed by atoms with Gasteiger partial charge < -0.3 is 4.74 Å². The Morgan fingerprint density at radius 1 is 1.41 bits per heavy atom. The van der Waals surface area contributed by atoms with E-state index in [1.165, 1.54) is 0 Å². The zero-order valence-electron chi connectivity index (χ0n) is 9.70. The lowest BCUT2D eigenvalue weighted by molar-refractivity contribution is 0.378. The molecular weight excluding hydrogens is 282 g/mol. The molecule has 90 valence electrons. The zero-order chi connectivity index (χ0) is 12.3. The summed E-state index contributed by atoms with van der Waals surface area (Å²) in [6.07, 6.45) is 5.64. The highest BCUT2D eigenvalue weighted by Crippen LogP contribution is 2.48. The summed E-state index contributed by atoms with van der Waals surface area (Å²) in [5.41, 5.74) is 0.524. The minimum atomic E-state index is -0.451. The van der Waals surface area contributed by atoms with E-state index >= 15 is 0 Å². The zero-order valence-corrected chi connectivity index (χ0v) is 11.3. The van der Waals surface area contributed by atoms with Crippen molar-refractivity contribution in [3.05, 3.63) is 28.2 Å². The first-order valence-corrected chi connectivity index (χ1v) is 6.45. The van der Waals surface area contributed by atoms with Crippen LogP contribution in [-0.4, -0.2) is 13.2 Å². The number of rotatable bonds is 3. The van der Waals surface area contributed by atoms with Gasteiger partial charge in [0.15, 0.2) is 0 Å². The predicted molar refractivity (Wildman–Crippen MR) is 69.0 cm³/mol. The number of aliphatic imine (C=N–C) groups is 1. The van der Waals surface area contributed by atoms with Crippen LogP contribution in [0.15, 0.2) is 27.7 Å². The molecule has 0 N–H and O–H groups in total. The predicted octanol–water partition coefficient (Wildman–Crippen LogP) is 3.56. The summed E-state index contributed by atoms with van der Waals surface area (Å²) in [6.45, 7) is 0. The van der Waals surface area contributed by atoms with Gasteiger partial charge in [0, 0.05) is 10.0 Å². The fourth-order valence-corrected chi connectivity index (χ4v) is 3.31. The number of isocyanates is 1. The second kappa shape index (κ2) is 5.03. The average Bonchev–Trinajstić information content (AvgIpc) is 2.78. The third-order valence-corrected chi connectivity index (χ3v) is 4.01. The van der Waals surface area contributed by atoms with Crippen LogP contribution in [0.2, 0.25) is 0 Å². The Hall–Kier alpha value is -1.12. The van der Waals surface area contributed by atoms with Crippen molar-refractivity contribution in [2.45, 2.75) is 31.2 Å². The van der Waals surface area contributed by atoms with Crippen molar-refractivity contribution in [3.8, 4) is 5.75 Å². The Kier molecular flexibility index (Phi) is 3.65. The molecule has 1 fully saturated rings. The molecule has 0 bridgehead atoms. The fourth-order valence-electron chi connectivity index (χ4n) is 2.59. The largest absolute Gasteiger partial charge is 0.496 e. The summed E-state index contributed by atoms with van der Waals surface area (Å²) < 4.78 is 6.33. The van der Waals surface area contributed by atoms with Crippen LogP contribution in [0.25, 0.3) is 0 Å². The van der Waals surface area contributed by atoms with Crippen LogP contribution in [0, 0.1) is 0 Å². The third kappa shape index (κ3) is 2.15. The van der Waals surface area contributed by atoms with Crippen molar-refractivity contribution in [3.63, 3.8) is 0 Å². The first kappa shape index (κ1) is 12.3. The molecule has 0 aliphatic heterocycles. The standard InChI is InChI=1S/C13H14BrNO2/c1-17-11-6-4-5-10(14)12(11)13(15-9-16)7-2-3-8-13/h4-6H,2-3,7-8H2,1H3. The SMILES string of the molecule is COc1cccc(Br)c1C1(N=C=O)CCCC1. The minimum Gasteiger partial charge on any atom is -0.496 e. The Morgan fingerprint density at radius 3 is 2.71 bits per heavy atom. The van der Waals surface area contributed by atoms with Crippen molar-refractivity contribution in [1.29, 1.82) is 0 Å². The highest BCUT2D eigenvalue weighted by Gasteiger charge is 2.39. The fraction of sp³-hybridized carbons (Fsp3) is 0.462. The van der Waals surface area contributed by atoms with Crippen LogP contribution in [0.4, 0.5) is 0 Å². The number of carbonyl (C=O) groups excluding carboxylic acids is 1. The molecule has 2 rings (SSSR count). The van der Waals surface area contributed by atoms with Gasteiger partial charge in [0.25, 0.3) is 0 Å². The highest BCUT2D eigenvalue weighted by molar-refractivity contribution is 9.10. The van der Waals surface area contributed by atoms with Crippen molar-refractivity contribution >= 4 is 22.0 Å². The van der Waals surface area contributed by atoms with E-state index in [1.54, 1.807) is 13.2 Å². The second-order valence-electron chi connectivity index (χ2n) is 4.26. The molecule has 0 spiro atoms. The normalized spacial score (nSPS) is 17.5. The van der Waals surface area contributed by atoms with E-state index in [4.69, 9.17) is 4.74 Å². The maximum Gasteiger partial charge on any atom is 0.235 e. The second-order valence-corrected chi connectivity index (χ2v) is 5.11. The van der Waals surface area contributed by atoms with Gasteiger partial charge in [0.05, 0.1) is 7.11 Å². The van der Waals surface area contributed by atoms with E-state index in [0.29, 0.717) is 0 Å². The maximum absolute atomic E-state index is 10.7. The molecule has 0 unspecified atom stereocenters. The number of ether oxygens (including phenoxy) is 1. The summed E-state index contributed by atoms with van der Waals surface area (Å²) in [5, 5.41) is 0. The summed E-state index contributed by atoms with van der Waals surface area (Å²) in [7, 11) is 1.64. The lowest BCUT2D eigenvalue weighted by atomic mass is 9.88. The Balaban J connectivity index is 2.60. The number of benzene rings is 1. The van der Waals surface area contributed by atoms with Gasteiger partial charge in [-0.2, -0.15) is 4.99 Å². The summed E-state index contributed by atoms with van der Waals surface area (Å²) in [4.78, 5) is 14.8. The first-order valence-electron chi connectivity index (χ1n) is 5.65. The molecule has 1 aliphatic rings. The first-order chi connectivity index (χ1) is 8.23. The van der Waals surface area contributed by atoms with Crippen molar-refractivity contribution in [2.75, 3.05) is 7.11 Å². The van der Waals surface area contributed by atoms with Crippen molar-refractivity contribution in [1.82, 2.24) is 0 Å². The average molecular weight is 296 g/mol. The van der Waals surface area contributed by atoms with E-state index in [1.807, 2.05) is 18.2 Å². The number of halogens is 1. The number of methoxy groups -OCH3 is 1. The van der Waals surface area contributed by atoms with Gasteiger partial charge in [-0.1, -0.05) is 34.8 Å². The Labute approximate surface area is 109 Å². The van der Waals surface area contributed by atoms with E-state index in [9.17, 15) is 4.79 Å². The van der Waals surface area contributed by atoms with Crippen LogP contribution in [-0.2, 0) is 10.3 Å². The van der Waals surface area contributed by atoms with Gasteiger partial charge >= 0.3 is 0 Å². The minimum absolute atomic E-state index is 0.451. The monoisotopic (exact) mass is 295 g/mol. The Morgan fingerprint density at radius 2 is 2.12 bits per heavy atom. The van der Waals surface area contributed by atoms with Gasteiger partial charge in [-0.3, -0.25) is 0 Å². The lowest BCUT2D eigenvalue weighted by Crippen LogP contribution is -2.20. The molecule has 1 saturated carbocycles. The topological polar surface area (TPSA) is 38.7 Å². The maximum atomic E-state index is 10.7. The van der Waals surface area contributed by atoms with Crippen molar-refractivity contribution < 1.29 is 9.53 Å². The quantitative estimate of drug-likeness (QED) is 0.632. The molecular formula is C13H14BrNO2. The molecule has 1 aliphatic carbocycles. The summed E-state index contributed by atoms with van der Waals surface area (Å²) in [6, 6.07) is 5.78. The number of hydrogen-bond acceptors (Lipinski definition) is 3. The van der Waals surface area contributed by atoms with E-state index in [2.05, 4.69) is 20.9 Å². The molecule has 3 nitrogen and oxygen atoms in total. The molecule has 0 saturated heterocycles. The Bertz CT molecular complexity index is 460. The summed E-state index contributed by atoms with van der Waals surface area (Å²) >= 11 is 3.53. The van der Waals surface area contributed by atoms with Crippen LogP contribution in [0.3, 0.4) is 0 Å². The molecule has 0 aromatic heterocycles. The van der Waals surface area contributed by atoms with Crippen LogP contribution >= 0.6 is 15.9 Å². The van der Waals surface area contributed by atoms with Gasteiger partial charge in [-0.05, 0) is 25.0 Å². The van der Waals surface area contributed by atoms with E-state index < -0.39 is 5.54 Å². The van der Waals surface area contributed by atoms with Crippen LogP contribution < -0.4 is 4.74 Å². The van der Waals surface area contributed by atoms with E-state index in [0.717, 1.165) is 41.5 Å². The van der Waals surface area contributed by atoms with Crippen LogP contribution in [0.5, 0.6) is 5.75 Å². The van der Waals surface area contributed by atoms with Gasteiger partial charge in [0.1, 0.15) is 11.3 Å². The van der Waals surface area contributed by atoms with Crippen LogP contribution in [0.1, 0.15) is 31.2 Å². The molecule has 0 amide bonds. The van der Waals surface area contributed by atoms with Gasteiger partial charge in [-0.15, -0.1) is 0 Å². The lowest BCUT2D eigenvalue weighted by Gasteiger charge is -2.26. The highest BCUT2D eigenvalue weighted by atomic mass is 79.9. The molecule has 0 atom stereocenters. The van der Waals surface area contributed by atoms with Gasteiger partial charge in [-0.25, -0.2) is 4.79 Å². The third-order valence-electron chi connectivity index (χ3n) is 3.35. The molecule has 1 aromatic rings. The number of hydrogen-bond donors (Lipinski definition) is 0. The molecule has 17 heavy (non-hydrogen) atoms. The molecule has 0 radical (unpaired) electrons. The van der Waals surface area contributed by atoms with Crippen molar-refractivity contribution in [2.24, 2.45) is 4.99 Å².